The molecule has 0 unspecified atom stereocenters. The Balaban J connectivity index is 1.58. The van der Waals surface area contributed by atoms with Crippen molar-refractivity contribution >= 4 is 17.3 Å². The van der Waals surface area contributed by atoms with Crippen molar-refractivity contribution in [3.63, 3.8) is 0 Å². The lowest BCUT2D eigenvalue weighted by atomic mass is 10.0. The first-order valence-electron chi connectivity index (χ1n) is 8.18. The standard InChI is InChI=1S/C20H16N4O2/c1-26-19-12-11-17(21-22-19)14-7-9-15(10-8-14)18-13-20(25)24(23-18)16-5-3-2-4-6-16/h2-12H,13H2,1H3. The van der Waals surface area contributed by atoms with Crippen LogP contribution in [0.2, 0.25) is 0 Å². The number of hydrogen-bond acceptors (Lipinski definition) is 5. The van der Waals surface area contributed by atoms with Gasteiger partial charge in [-0.3, -0.25) is 4.79 Å². The maximum Gasteiger partial charge on any atom is 0.253 e. The molecule has 0 bridgehead atoms. The molecule has 4 rings (SSSR count). The number of carbonyl (C=O) groups excluding carboxylic acids is 1. The predicted molar refractivity (Wildman–Crippen MR) is 99.1 cm³/mol. The molecule has 1 aliphatic heterocycles. The number of carbonyl (C=O) groups is 1. The fourth-order valence-electron chi connectivity index (χ4n) is 2.78. The Bertz CT molecular complexity index is 951. The molecule has 0 radical (unpaired) electrons. The second-order valence-corrected chi connectivity index (χ2v) is 5.80. The maximum absolute atomic E-state index is 12.3. The normalized spacial score (nSPS) is 13.7. The average Bonchev–Trinajstić information content (AvgIpc) is 3.10. The van der Waals surface area contributed by atoms with Gasteiger partial charge in [-0.1, -0.05) is 42.5 Å². The highest BCUT2D eigenvalue weighted by Gasteiger charge is 2.25. The average molecular weight is 344 g/mol. The van der Waals surface area contributed by atoms with Crippen molar-refractivity contribution in [1.82, 2.24) is 10.2 Å². The molecule has 0 atom stereocenters. The zero-order valence-electron chi connectivity index (χ0n) is 14.2. The number of hydrazone groups is 1. The van der Waals surface area contributed by atoms with Crippen LogP contribution in [0.4, 0.5) is 5.69 Å². The molecule has 26 heavy (non-hydrogen) atoms. The van der Waals surface area contributed by atoms with Crippen molar-refractivity contribution in [2.24, 2.45) is 5.10 Å². The molecule has 0 fully saturated rings. The van der Waals surface area contributed by atoms with Crippen LogP contribution in [0.1, 0.15) is 12.0 Å². The van der Waals surface area contributed by atoms with Crippen molar-refractivity contribution in [2.45, 2.75) is 6.42 Å². The highest BCUT2D eigenvalue weighted by molar-refractivity contribution is 6.19. The van der Waals surface area contributed by atoms with Gasteiger partial charge in [-0.15, -0.1) is 10.2 Å². The van der Waals surface area contributed by atoms with Crippen LogP contribution < -0.4 is 9.75 Å². The third-order valence-electron chi connectivity index (χ3n) is 4.14. The van der Waals surface area contributed by atoms with Gasteiger partial charge in [0, 0.05) is 11.6 Å². The number of methoxy groups -OCH3 is 1. The van der Waals surface area contributed by atoms with Crippen molar-refractivity contribution in [1.29, 1.82) is 0 Å². The zero-order valence-corrected chi connectivity index (χ0v) is 14.2. The Morgan fingerprint density at radius 1 is 0.885 bits per heavy atom. The highest BCUT2D eigenvalue weighted by Crippen LogP contribution is 2.24. The van der Waals surface area contributed by atoms with E-state index in [4.69, 9.17) is 4.74 Å². The van der Waals surface area contributed by atoms with E-state index in [1.807, 2.05) is 60.7 Å². The smallest absolute Gasteiger partial charge is 0.253 e. The number of amides is 1. The summed E-state index contributed by atoms with van der Waals surface area (Å²) in [4.78, 5) is 12.3. The largest absolute Gasteiger partial charge is 0.480 e. The Morgan fingerprint density at radius 3 is 2.27 bits per heavy atom. The third kappa shape index (κ3) is 3.04. The lowest BCUT2D eigenvalue weighted by Gasteiger charge is -2.10. The van der Waals surface area contributed by atoms with Crippen LogP contribution in [0, 0.1) is 0 Å². The molecule has 128 valence electrons. The van der Waals surface area contributed by atoms with Crippen LogP contribution in [0.15, 0.2) is 71.8 Å². The van der Waals surface area contributed by atoms with E-state index in [1.165, 1.54) is 5.01 Å². The number of nitrogens with zero attached hydrogens (tertiary/aromatic N) is 4. The number of aromatic nitrogens is 2. The van der Waals surface area contributed by atoms with Crippen LogP contribution in [-0.2, 0) is 4.79 Å². The summed E-state index contributed by atoms with van der Waals surface area (Å²) in [6.45, 7) is 0. The van der Waals surface area contributed by atoms with Crippen molar-refractivity contribution in [2.75, 3.05) is 12.1 Å². The van der Waals surface area contributed by atoms with E-state index in [-0.39, 0.29) is 12.3 Å². The van der Waals surface area contributed by atoms with Gasteiger partial charge < -0.3 is 4.74 Å². The number of benzene rings is 2. The van der Waals surface area contributed by atoms with Crippen LogP contribution in [0.5, 0.6) is 5.88 Å². The minimum atomic E-state index is -0.0312. The molecule has 6 heteroatoms. The monoisotopic (exact) mass is 344 g/mol. The van der Waals surface area contributed by atoms with Gasteiger partial charge in [0.05, 0.1) is 30.6 Å². The Kier molecular flexibility index (Phi) is 4.15. The zero-order chi connectivity index (χ0) is 17.9. The fourth-order valence-corrected chi connectivity index (χ4v) is 2.78. The number of hydrogen-bond donors (Lipinski definition) is 0. The first-order valence-corrected chi connectivity index (χ1v) is 8.18. The molecule has 1 aliphatic rings. The molecule has 2 heterocycles. The van der Waals surface area contributed by atoms with Gasteiger partial charge in [-0.25, -0.2) is 5.01 Å². The van der Waals surface area contributed by atoms with Crippen molar-refractivity contribution in [3.8, 4) is 17.1 Å². The topological polar surface area (TPSA) is 67.7 Å². The first kappa shape index (κ1) is 16.0. The SMILES string of the molecule is COc1ccc(-c2ccc(C3=NN(c4ccccc4)C(=O)C3)cc2)nn1. The van der Waals surface area contributed by atoms with Gasteiger partial charge in [0.2, 0.25) is 5.88 Å². The molecule has 3 aromatic rings. The van der Waals surface area contributed by atoms with Gasteiger partial charge in [-0.2, -0.15) is 5.10 Å². The third-order valence-corrected chi connectivity index (χ3v) is 4.14. The fraction of sp³-hybridized carbons (Fsp3) is 0.100. The summed E-state index contributed by atoms with van der Waals surface area (Å²) >= 11 is 0. The van der Waals surface area contributed by atoms with Crippen LogP contribution >= 0.6 is 0 Å². The second kappa shape index (κ2) is 6.76. The summed E-state index contributed by atoms with van der Waals surface area (Å²) in [7, 11) is 1.56. The van der Waals surface area contributed by atoms with Gasteiger partial charge in [-0.05, 0) is 23.8 Å². The number of ether oxygens (including phenoxy) is 1. The van der Waals surface area contributed by atoms with Crippen molar-refractivity contribution in [3.05, 3.63) is 72.3 Å². The van der Waals surface area contributed by atoms with Crippen LogP contribution in [0.25, 0.3) is 11.3 Å². The molecule has 2 aromatic carbocycles. The summed E-state index contributed by atoms with van der Waals surface area (Å²) in [5, 5.41) is 14.1. The summed E-state index contributed by atoms with van der Waals surface area (Å²) in [6, 6.07) is 20.8. The molecule has 0 aliphatic carbocycles. The van der Waals surface area contributed by atoms with Gasteiger partial charge in [0.1, 0.15) is 0 Å². The van der Waals surface area contributed by atoms with Gasteiger partial charge in [0.25, 0.3) is 5.91 Å². The number of para-hydroxylation sites is 1. The molecule has 1 aromatic heterocycles. The Hall–Kier alpha value is -3.54. The van der Waals surface area contributed by atoms with E-state index in [9.17, 15) is 4.79 Å². The van der Waals surface area contributed by atoms with E-state index in [0.29, 0.717) is 5.88 Å². The summed E-state index contributed by atoms with van der Waals surface area (Å²) in [5.41, 5.74) is 4.15. The molecule has 0 saturated carbocycles. The minimum absolute atomic E-state index is 0.0312. The van der Waals surface area contributed by atoms with Gasteiger partial charge in [0.15, 0.2) is 0 Å². The van der Waals surface area contributed by atoms with Crippen LogP contribution in [-0.4, -0.2) is 28.9 Å². The van der Waals surface area contributed by atoms with Crippen molar-refractivity contribution < 1.29 is 9.53 Å². The van der Waals surface area contributed by atoms with E-state index in [2.05, 4.69) is 15.3 Å². The summed E-state index contributed by atoms with van der Waals surface area (Å²) in [5.74, 6) is 0.446. The summed E-state index contributed by atoms with van der Waals surface area (Å²) < 4.78 is 5.02. The molecular weight excluding hydrogens is 328 g/mol. The summed E-state index contributed by atoms with van der Waals surface area (Å²) in [6.07, 6.45) is 0.288. The maximum atomic E-state index is 12.3. The molecule has 6 nitrogen and oxygen atoms in total. The molecule has 1 amide bonds. The van der Waals surface area contributed by atoms with E-state index >= 15 is 0 Å². The first-order chi connectivity index (χ1) is 12.7. The van der Waals surface area contributed by atoms with E-state index < -0.39 is 0 Å². The molecule has 0 spiro atoms. The molecule has 0 N–H and O–H groups in total. The lowest BCUT2D eigenvalue weighted by Crippen LogP contribution is -2.19. The van der Waals surface area contributed by atoms with Crippen LogP contribution in [0.3, 0.4) is 0 Å². The number of anilines is 1. The Labute approximate surface area is 150 Å². The highest BCUT2D eigenvalue weighted by atomic mass is 16.5. The predicted octanol–water partition coefficient (Wildman–Crippen LogP) is 3.29. The lowest BCUT2D eigenvalue weighted by molar-refractivity contribution is -0.116. The second-order valence-electron chi connectivity index (χ2n) is 5.80. The minimum Gasteiger partial charge on any atom is -0.480 e. The van der Waals surface area contributed by atoms with Gasteiger partial charge >= 0.3 is 0 Å². The molecule has 0 saturated heterocycles. The number of rotatable bonds is 4. The Morgan fingerprint density at radius 2 is 1.62 bits per heavy atom. The van der Waals surface area contributed by atoms with E-state index in [1.54, 1.807) is 13.2 Å². The van der Waals surface area contributed by atoms with E-state index in [0.717, 1.165) is 28.2 Å². The molecular formula is C20H16N4O2. The quantitative estimate of drug-likeness (QED) is 0.728.